The van der Waals surface area contributed by atoms with Gasteiger partial charge in [0.15, 0.2) is 0 Å². The maximum atomic E-state index is 12.5. The van der Waals surface area contributed by atoms with E-state index in [4.69, 9.17) is 16.7 Å². The Labute approximate surface area is 128 Å². The molecule has 0 spiro atoms. The largest absolute Gasteiger partial charge is 0.465 e. The van der Waals surface area contributed by atoms with Crippen LogP contribution < -0.4 is 10.6 Å². The molecule has 1 heterocycles. The van der Waals surface area contributed by atoms with Crippen molar-refractivity contribution in [3.8, 4) is 0 Å². The van der Waals surface area contributed by atoms with Crippen LogP contribution in [-0.4, -0.2) is 54.2 Å². The molecule has 1 atom stereocenters. The third-order valence-corrected chi connectivity index (χ3v) is 3.78. The first-order valence-electron chi connectivity index (χ1n) is 6.80. The van der Waals surface area contributed by atoms with Crippen LogP contribution in [0.3, 0.4) is 0 Å². The monoisotopic (exact) mass is 311 g/mol. The molecule has 0 aromatic heterocycles. The molecule has 2 amide bonds. The van der Waals surface area contributed by atoms with Crippen LogP contribution in [0.2, 0.25) is 5.02 Å². The summed E-state index contributed by atoms with van der Waals surface area (Å²) < 4.78 is 0. The van der Waals surface area contributed by atoms with Gasteiger partial charge in [-0.2, -0.15) is 0 Å². The zero-order chi connectivity index (χ0) is 15.2. The van der Waals surface area contributed by atoms with Gasteiger partial charge in [-0.15, -0.1) is 0 Å². The molecule has 1 aliphatic rings. The lowest BCUT2D eigenvalue weighted by molar-refractivity contribution is -0.133. The molecule has 0 bridgehead atoms. The van der Waals surface area contributed by atoms with Gasteiger partial charge in [0.2, 0.25) is 5.91 Å². The van der Waals surface area contributed by atoms with E-state index >= 15 is 0 Å². The van der Waals surface area contributed by atoms with E-state index in [-0.39, 0.29) is 12.3 Å². The highest BCUT2D eigenvalue weighted by Gasteiger charge is 2.27. The van der Waals surface area contributed by atoms with Gasteiger partial charge in [0.25, 0.3) is 0 Å². The van der Waals surface area contributed by atoms with Gasteiger partial charge in [-0.05, 0) is 11.6 Å². The predicted octanol–water partition coefficient (Wildman–Crippen LogP) is 0.950. The molecule has 1 unspecified atom stereocenters. The number of halogens is 1. The highest BCUT2D eigenvalue weighted by Crippen LogP contribution is 2.17. The molecule has 21 heavy (non-hydrogen) atoms. The molecule has 0 aliphatic carbocycles. The number of benzene rings is 1. The number of amides is 2. The molecule has 1 saturated heterocycles. The number of carbonyl (C=O) groups excluding carboxylic acids is 1. The summed E-state index contributed by atoms with van der Waals surface area (Å²) in [4.78, 5) is 25.1. The molecular weight excluding hydrogens is 294 g/mol. The molecule has 0 saturated carbocycles. The van der Waals surface area contributed by atoms with Gasteiger partial charge in [0, 0.05) is 37.6 Å². The van der Waals surface area contributed by atoms with E-state index in [1.165, 1.54) is 0 Å². The molecule has 1 fully saturated rings. The highest BCUT2D eigenvalue weighted by molar-refractivity contribution is 6.31. The van der Waals surface area contributed by atoms with Crippen molar-refractivity contribution in [1.82, 2.24) is 15.5 Å². The third-order valence-electron chi connectivity index (χ3n) is 3.41. The molecule has 1 aromatic carbocycles. The summed E-state index contributed by atoms with van der Waals surface area (Å²) in [6, 6.07) is 6.31. The average molecular weight is 312 g/mol. The third kappa shape index (κ3) is 4.34. The predicted molar refractivity (Wildman–Crippen MR) is 79.6 cm³/mol. The Morgan fingerprint density at radius 3 is 2.62 bits per heavy atom. The van der Waals surface area contributed by atoms with Gasteiger partial charge >= 0.3 is 6.09 Å². The Bertz CT molecular complexity index is 518. The number of nitrogens with zero attached hydrogens (tertiary/aromatic N) is 1. The van der Waals surface area contributed by atoms with Crippen LogP contribution in [0.25, 0.3) is 0 Å². The summed E-state index contributed by atoms with van der Waals surface area (Å²) in [5.74, 6) is -0.209. The normalized spacial score (nSPS) is 16.3. The smallest absolute Gasteiger partial charge is 0.405 e. The van der Waals surface area contributed by atoms with Crippen molar-refractivity contribution in [2.75, 3.05) is 26.2 Å². The molecule has 1 aliphatic heterocycles. The number of nitrogens with one attached hydrogen (secondary N) is 2. The average Bonchev–Trinajstić information content (AvgIpc) is 2.48. The number of piperazine rings is 1. The van der Waals surface area contributed by atoms with Gasteiger partial charge in [-0.3, -0.25) is 4.79 Å². The van der Waals surface area contributed by atoms with Crippen molar-refractivity contribution in [2.45, 2.75) is 12.5 Å². The van der Waals surface area contributed by atoms with E-state index in [0.717, 1.165) is 18.7 Å². The zero-order valence-corrected chi connectivity index (χ0v) is 12.3. The van der Waals surface area contributed by atoms with Gasteiger partial charge in [0.1, 0.15) is 6.04 Å². The van der Waals surface area contributed by atoms with Gasteiger partial charge in [0.05, 0.1) is 0 Å². The number of carboxylic acid groups (broad SMARTS) is 1. The molecule has 7 heteroatoms. The van der Waals surface area contributed by atoms with Crippen LogP contribution in [0.15, 0.2) is 24.3 Å². The second-order valence-corrected chi connectivity index (χ2v) is 5.28. The highest BCUT2D eigenvalue weighted by atomic mass is 35.5. The van der Waals surface area contributed by atoms with E-state index in [9.17, 15) is 9.59 Å². The maximum absolute atomic E-state index is 12.5. The van der Waals surface area contributed by atoms with Crippen molar-refractivity contribution in [1.29, 1.82) is 0 Å². The van der Waals surface area contributed by atoms with Crippen LogP contribution in [0.5, 0.6) is 0 Å². The van der Waals surface area contributed by atoms with Crippen LogP contribution in [0.1, 0.15) is 5.56 Å². The van der Waals surface area contributed by atoms with Gasteiger partial charge < -0.3 is 20.6 Å². The quantitative estimate of drug-likeness (QED) is 0.773. The van der Waals surface area contributed by atoms with E-state index in [0.29, 0.717) is 18.1 Å². The standard InChI is InChI=1S/C14H18ClN3O3/c15-11-4-2-1-3-10(11)9-12(17-14(20)21)13(19)18-7-5-16-6-8-18/h1-4,12,16-17H,5-9H2,(H,20,21). The lowest BCUT2D eigenvalue weighted by Crippen LogP contribution is -2.54. The van der Waals surface area contributed by atoms with Crippen molar-refractivity contribution >= 4 is 23.6 Å². The van der Waals surface area contributed by atoms with Crippen LogP contribution in [-0.2, 0) is 11.2 Å². The minimum absolute atomic E-state index is 0.209. The summed E-state index contributed by atoms with van der Waals surface area (Å²) in [7, 11) is 0. The van der Waals surface area contributed by atoms with Crippen LogP contribution in [0.4, 0.5) is 4.79 Å². The molecule has 2 rings (SSSR count). The molecule has 3 N–H and O–H groups in total. The lowest BCUT2D eigenvalue weighted by atomic mass is 10.0. The van der Waals surface area contributed by atoms with Gasteiger partial charge in [-0.1, -0.05) is 29.8 Å². The Hall–Kier alpha value is -1.79. The van der Waals surface area contributed by atoms with Crippen molar-refractivity contribution in [3.05, 3.63) is 34.9 Å². The molecule has 1 aromatic rings. The van der Waals surface area contributed by atoms with Crippen molar-refractivity contribution in [2.24, 2.45) is 0 Å². The number of rotatable bonds is 4. The maximum Gasteiger partial charge on any atom is 0.405 e. The van der Waals surface area contributed by atoms with Crippen molar-refractivity contribution in [3.63, 3.8) is 0 Å². The first-order valence-corrected chi connectivity index (χ1v) is 7.18. The van der Waals surface area contributed by atoms with Crippen LogP contribution >= 0.6 is 11.6 Å². The second-order valence-electron chi connectivity index (χ2n) is 4.87. The fourth-order valence-electron chi connectivity index (χ4n) is 2.34. The summed E-state index contributed by atoms with van der Waals surface area (Å²) in [5.41, 5.74) is 0.751. The minimum Gasteiger partial charge on any atom is -0.465 e. The fourth-order valence-corrected chi connectivity index (χ4v) is 2.55. The second kappa shape index (κ2) is 7.28. The fraction of sp³-hybridized carbons (Fsp3) is 0.429. The topological polar surface area (TPSA) is 81.7 Å². The first-order chi connectivity index (χ1) is 10.1. The summed E-state index contributed by atoms with van der Waals surface area (Å²) in [6.45, 7) is 2.60. The summed E-state index contributed by atoms with van der Waals surface area (Å²) >= 11 is 6.09. The zero-order valence-electron chi connectivity index (χ0n) is 11.5. The summed E-state index contributed by atoms with van der Waals surface area (Å²) in [6.07, 6.45) is -0.968. The van der Waals surface area contributed by atoms with E-state index in [1.54, 1.807) is 23.1 Å². The van der Waals surface area contributed by atoms with Gasteiger partial charge in [-0.25, -0.2) is 4.79 Å². The number of hydrogen-bond donors (Lipinski definition) is 3. The Morgan fingerprint density at radius 2 is 2.00 bits per heavy atom. The molecule has 114 valence electrons. The Balaban J connectivity index is 2.11. The van der Waals surface area contributed by atoms with E-state index in [1.807, 2.05) is 6.07 Å². The SMILES string of the molecule is O=C(O)NC(Cc1ccccc1Cl)C(=O)N1CCNCC1. The molecule has 0 radical (unpaired) electrons. The number of carbonyl (C=O) groups is 2. The van der Waals surface area contributed by atoms with E-state index < -0.39 is 12.1 Å². The minimum atomic E-state index is -1.21. The Kier molecular flexibility index (Phi) is 5.41. The first kappa shape index (κ1) is 15.6. The summed E-state index contributed by atoms with van der Waals surface area (Å²) in [5, 5.41) is 14.9. The van der Waals surface area contributed by atoms with E-state index in [2.05, 4.69) is 10.6 Å². The molecular formula is C14H18ClN3O3. The van der Waals surface area contributed by atoms with Crippen LogP contribution in [0, 0.1) is 0 Å². The lowest BCUT2D eigenvalue weighted by Gasteiger charge is -2.31. The Morgan fingerprint density at radius 1 is 1.33 bits per heavy atom. The van der Waals surface area contributed by atoms with Crippen molar-refractivity contribution < 1.29 is 14.7 Å². The number of hydrogen-bond acceptors (Lipinski definition) is 3. The molecule has 6 nitrogen and oxygen atoms in total.